The van der Waals surface area contributed by atoms with E-state index < -0.39 is 0 Å². The minimum absolute atomic E-state index is 0.810. The second-order valence-electron chi connectivity index (χ2n) is 15.6. The molecule has 2 aromatic rings. The zero-order valence-corrected chi connectivity index (χ0v) is 35.6. The first kappa shape index (κ1) is 46.6. The molecule has 54 heavy (non-hydrogen) atoms. The molecule has 0 aliphatic rings. The Morgan fingerprint density at radius 3 is 1.20 bits per heavy atom. The van der Waals surface area contributed by atoms with Gasteiger partial charge in [-0.1, -0.05) is 201 Å². The first-order valence-corrected chi connectivity index (χ1v) is 21.9. The molecule has 0 aliphatic carbocycles. The number of hydrogen-bond donors (Lipinski definition) is 0. The Balaban J connectivity index is 2.05. The average molecular weight is 735 g/mol. The molecule has 0 spiro atoms. The number of aldehydes is 1. The van der Waals surface area contributed by atoms with Crippen LogP contribution >= 0.6 is 0 Å². The highest BCUT2D eigenvalue weighted by molar-refractivity contribution is 5.82. The highest BCUT2D eigenvalue weighted by atomic mass is 16.1. The number of hydrogen-bond acceptors (Lipinski definition) is 3. The van der Waals surface area contributed by atoms with Gasteiger partial charge in [-0.25, -0.2) is 0 Å². The lowest BCUT2D eigenvalue weighted by Gasteiger charge is -2.21. The Labute approximate surface area is 333 Å². The summed E-state index contributed by atoms with van der Waals surface area (Å²) < 4.78 is 0. The molecule has 0 aliphatic heterocycles. The van der Waals surface area contributed by atoms with E-state index >= 15 is 0 Å². The zero-order valence-electron chi connectivity index (χ0n) is 35.6. The lowest BCUT2D eigenvalue weighted by atomic mass is 9.95. The smallest absolute Gasteiger partial charge is 0.142 e. The first-order valence-electron chi connectivity index (χ1n) is 21.9. The molecule has 0 heterocycles. The van der Waals surface area contributed by atoms with Gasteiger partial charge in [0, 0.05) is 38.6 Å². The Morgan fingerprint density at radius 1 is 0.481 bits per heavy atom. The van der Waals surface area contributed by atoms with E-state index in [0.717, 1.165) is 24.9 Å². The van der Waals surface area contributed by atoms with Crippen LogP contribution in [-0.2, 0) is 4.79 Å². The third kappa shape index (κ3) is 21.3. The first-order chi connectivity index (χ1) is 26.4. The van der Waals surface area contributed by atoms with E-state index in [1.165, 1.54) is 168 Å². The van der Waals surface area contributed by atoms with Gasteiger partial charge in [0.25, 0.3) is 0 Å². The topological polar surface area (TPSA) is 23.6 Å². The van der Waals surface area contributed by atoms with Crippen molar-refractivity contribution in [2.75, 3.05) is 37.0 Å². The maximum absolute atomic E-state index is 10.6. The standard InChI is InChI=1S/C51H78N2O/c1-7-9-11-13-15-17-19-21-23-27-41-52(5)49-37-33-47(34-38-49)51(44-46(4)31-26-25-30-45(3)32-29-43-54)48-35-39-50(40-36-48)53(6)42-28-24-22-20-18-16-14-12-10-8-2/h25-26,29-40,43-44H,7-24,27-28,41-42H2,1-6H3. The molecule has 0 saturated carbocycles. The summed E-state index contributed by atoms with van der Waals surface area (Å²) in [6.07, 6.45) is 42.1. The van der Waals surface area contributed by atoms with Gasteiger partial charge in [0.1, 0.15) is 6.29 Å². The van der Waals surface area contributed by atoms with Crippen LogP contribution in [0.5, 0.6) is 0 Å². The number of nitrogens with zero attached hydrogens (tertiary/aromatic N) is 2. The van der Waals surface area contributed by atoms with Crippen LogP contribution < -0.4 is 9.80 Å². The van der Waals surface area contributed by atoms with E-state index in [1.54, 1.807) is 0 Å². The molecular formula is C51H78N2O. The SMILES string of the molecule is CCCCCCCCCCCCN(C)c1ccc(C(=CC(C)=CC=CC=C(C)C=CC=O)c2ccc(N(C)CCCCCCCCCCCC)cc2)cc1. The summed E-state index contributed by atoms with van der Waals surface area (Å²) in [6, 6.07) is 18.3. The molecule has 0 amide bonds. The highest BCUT2D eigenvalue weighted by Crippen LogP contribution is 2.29. The molecule has 0 saturated heterocycles. The lowest BCUT2D eigenvalue weighted by Crippen LogP contribution is -2.18. The summed E-state index contributed by atoms with van der Waals surface area (Å²) in [4.78, 5) is 15.5. The van der Waals surface area contributed by atoms with Gasteiger partial charge in [-0.05, 0) is 73.7 Å². The third-order valence-corrected chi connectivity index (χ3v) is 10.6. The fourth-order valence-electron chi connectivity index (χ4n) is 6.99. The summed E-state index contributed by atoms with van der Waals surface area (Å²) >= 11 is 0. The van der Waals surface area contributed by atoms with Crippen LogP contribution in [0.2, 0.25) is 0 Å². The molecular weight excluding hydrogens is 657 g/mol. The number of carbonyl (C=O) groups excluding carboxylic acids is 1. The van der Waals surface area contributed by atoms with E-state index in [1.807, 2.05) is 25.2 Å². The summed E-state index contributed by atoms with van der Waals surface area (Å²) in [5.41, 5.74) is 8.45. The molecule has 2 aromatic carbocycles. The molecule has 0 bridgehead atoms. The van der Waals surface area contributed by atoms with Crippen molar-refractivity contribution in [2.24, 2.45) is 0 Å². The van der Waals surface area contributed by atoms with Crippen molar-refractivity contribution in [3.8, 4) is 0 Å². The van der Waals surface area contributed by atoms with Gasteiger partial charge < -0.3 is 9.80 Å². The van der Waals surface area contributed by atoms with E-state index in [-0.39, 0.29) is 0 Å². The second kappa shape index (κ2) is 30.7. The van der Waals surface area contributed by atoms with E-state index in [4.69, 9.17) is 0 Å². The minimum Gasteiger partial charge on any atom is -0.375 e. The van der Waals surface area contributed by atoms with Gasteiger partial charge in [-0.15, -0.1) is 0 Å². The van der Waals surface area contributed by atoms with Crippen molar-refractivity contribution in [3.05, 3.63) is 113 Å². The molecule has 0 atom stereocenters. The van der Waals surface area contributed by atoms with Crippen molar-refractivity contribution in [1.82, 2.24) is 0 Å². The van der Waals surface area contributed by atoms with Gasteiger partial charge in [-0.3, -0.25) is 4.79 Å². The lowest BCUT2D eigenvalue weighted by molar-refractivity contribution is -0.104. The maximum Gasteiger partial charge on any atom is 0.142 e. The predicted octanol–water partition coefficient (Wildman–Crippen LogP) is 15.0. The molecule has 0 fully saturated rings. The van der Waals surface area contributed by atoms with Crippen molar-refractivity contribution in [3.63, 3.8) is 0 Å². The molecule has 2 rings (SSSR count). The maximum atomic E-state index is 10.6. The van der Waals surface area contributed by atoms with Crippen molar-refractivity contribution < 1.29 is 4.79 Å². The Kier molecular flexibility index (Phi) is 26.5. The Hall–Kier alpha value is -3.59. The van der Waals surface area contributed by atoms with Gasteiger partial charge in [-0.2, -0.15) is 0 Å². The summed E-state index contributed by atoms with van der Waals surface area (Å²) in [5, 5.41) is 0. The second-order valence-corrected chi connectivity index (χ2v) is 15.6. The van der Waals surface area contributed by atoms with Crippen LogP contribution in [0.1, 0.15) is 167 Å². The van der Waals surface area contributed by atoms with Gasteiger partial charge in [0.2, 0.25) is 0 Å². The normalized spacial score (nSPS) is 12.2. The van der Waals surface area contributed by atoms with Crippen LogP contribution in [0.3, 0.4) is 0 Å². The van der Waals surface area contributed by atoms with Crippen LogP contribution in [0.25, 0.3) is 5.57 Å². The summed E-state index contributed by atoms with van der Waals surface area (Å²) in [6.45, 7) is 10.9. The zero-order chi connectivity index (χ0) is 39.1. The number of carbonyl (C=O) groups is 1. The van der Waals surface area contributed by atoms with Gasteiger partial charge in [0.05, 0.1) is 0 Å². The minimum atomic E-state index is 0.810. The highest BCUT2D eigenvalue weighted by Gasteiger charge is 2.09. The molecule has 0 unspecified atom stereocenters. The predicted molar refractivity (Wildman–Crippen MR) is 242 cm³/mol. The van der Waals surface area contributed by atoms with Gasteiger partial charge in [0.15, 0.2) is 0 Å². The monoisotopic (exact) mass is 735 g/mol. The van der Waals surface area contributed by atoms with E-state index in [9.17, 15) is 4.79 Å². The summed E-state index contributed by atoms with van der Waals surface area (Å²) in [5.74, 6) is 0. The average Bonchev–Trinajstić information content (AvgIpc) is 3.19. The molecule has 3 nitrogen and oxygen atoms in total. The number of unbranched alkanes of at least 4 members (excludes halogenated alkanes) is 18. The molecule has 0 aromatic heterocycles. The van der Waals surface area contributed by atoms with Crippen molar-refractivity contribution in [2.45, 2.75) is 156 Å². The molecule has 0 radical (unpaired) electrons. The number of allylic oxidation sites excluding steroid dienone is 9. The quantitative estimate of drug-likeness (QED) is 0.0333. The summed E-state index contributed by atoms with van der Waals surface area (Å²) in [7, 11) is 4.46. The van der Waals surface area contributed by atoms with E-state index in [2.05, 4.69) is 111 Å². The van der Waals surface area contributed by atoms with Crippen molar-refractivity contribution >= 4 is 23.2 Å². The third-order valence-electron chi connectivity index (χ3n) is 10.6. The van der Waals surface area contributed by atoms with E-state index in [0.29, 0.717) is 0 Å². The van der Waals surface area contributed by atoms with Crippen LogP contribution in [0.15, 0.2) is 102 Å². The largest absolute Gasteiger partial charge is 0.375 e. The van der Waals surface area contributed by atoms with Crippen molar-refractivity contribution in [1.29, 1.82) is 0 Å². The molecule has 3 heteroatoms. The Bertz CT molecular complexity index is 1320. The van der Waals surface area contributed by atoms with Crippen LogP contribution in [-0.4, -0.2) is 33.5 Å². The number of rotatable bonds is 31. The molecule has 0 N–H and O–H groups in total. The van der Waals surface area contributed by atoms with Gasteiger partial charge >= 0.3 is 0 Å². The fraction of sp³-hybridized carbons (Fsp3) is 0.549. The number of benzene rings is 2. The fourth-order valence-corrected chi connectivity index (χ4v) is 6.99. The van der Waals surface area contributed by atoms with Crippen LogP contribution in [0, 0.1) is 0 Å². The molecule has 298 valence electrons. The Morgan fingerprint density at radius 2 is 0.833 bits per heavy atom. The van der Waals surface area contributed by atoms with Crippen LogP contribution in [0.4, 0.5) is 11.4 Å². The number of anilines is 2.